The molecule has 0 aliphatic heterocycles. The van der Waals surface area contributed by atoms with Gasteiger partial charge >= 0.3 is 0 Å². The van der Waals surface area contributed by atoms with Gasteiger partial charge in [-0.3, -0.25) is 24.5 Å². The molecule has 4 aromatic rings. The van der Waals surface area contributed by atoms with E-state index in [4.69, 9.17) is 4.74 Å². The van der Waals surface area contributed by atoms with Gasteiger partial charge in [-0.1, -0.05) is 24.3 Å². The van der Waals surface area contributed by atoms with E-state index < -0.39 is 22.0 Å². The minimum atomic E-state index is -0.615. The maximum absolute atomic E-state index is 13.5. The van der Waals surface area contributed by atoms with Gasteiger partial charge in [-0.05, 0) is 74.0 Å². The summed E-state index contributed by atoms with van der Waals surface area (Å²) in [5.74, 6) is -1.14. The number of amides is 3. The van der Waals surface area contributed by atoms with Crippen LogP contribution >= 0.6 is 11.8 Å². The summed E-state index contributed by atoms with van der Waals surface area (Å²) in [5, 5.41) is 28.6. The van der Waals surface area contributed by atoms with Gasteiger partial charge in [0.2, 0.25) is 5.91 Å². The number of nitro benzene ring substituents is 1. The maximum Gasteiger partial charge on any atom is 0.272 e. The van der Waals surface area contributed by atoms with Crippen LogP contribution in [0.15, 0.2) is 102 Å². The second-order valence-corrected chi connectivity index (χ2v) is 11.2. The summed E-state index contributed by atoms with van der Waals surface area (Å²) < 4.78 is 5.33. The number of nitrogens with zero attached hydrogens (tertiary/aromatic N) is 1. The smallest absolute Gasteiger partial charge is 0.272 e. The lowest BCUT2D eigenvalue weighted by atomic mass is 10.1. The Balaban J connectivity index is 1.50. The number of hydrogen-bond donors (Lipinski definition) is 4. The molecule has 230 valence electrons. The van der Waals surface area contributed by atoms with Gasteiger partial charge < -0.3 is 25.8 Å². The average Bonchev–Trinajstić information content (AvgIpc) is 3.02. The number of benzene rings is 4. The van der Waals surface area contributed by atoms with Crippen LogP contribution < -0.4 is 20.7 Å². The van der Waals surface area contributed by atoms with Crippen molar-refractivity contribution in [3.8, 4) is 11.5 Å². The molecule has 0 radical (unpaired) electrons. The molecule has 12 heteroatoms. The fourth-order valence-electron chi connectivity index (χ4n) is 4.16. The number of anilines is 2. The molecule has 0 bridgehead atoms. The molecular formula is C33H30N4O7S. The first kappa shape index (κ1) is 32.3. The van der Waals surface area contributed by atoms with Gasteiger partial charge in [0, 0.05) is 45.6 Å². The van der Waals surface area contributed by atoms with Crippen molar-refractivity contribution in [1.82, 2.24) is 5.32 Å². The van der Waals surface area contributed by atoms with E-state index in [-0.39, 0.29) is 23.0 Å². The molecule has 0 saturated heterocycles. The minimum absolute atomic E-state index is 0.0246. The van der Waals surface area contributed by atoms with Crippen molar-refractivity contribution in [2.75, 3.05) is 17.7 Å². The van der Waals surface area contributed by atoms with E-state index in [9.17, 15) is 29.6 Å². The Morgan fingerprint density at radius 2 is 1.71 bits per heavy atom. The Labute approximate surface area is 263 Å². The van der Waals surface area contributed by atoms with Crippen LogP contribution in [-0.4, -0.2) is 40.1 Å². The highest BCUT2D eigenvalue weighted by Gasteiger charge is 2.19. The Bertz CT molecular complexity index is 1780. The van der Waals surface area contributed by atoms with Gasteiger partial charge in [0.15, 0.2) is 0 Å². The molecule has 4 aromatic carbocycles. The standard InChI is InChI=1S/C33H30N4O7S/c1-20-16-25(37(42)43)13-15-28(20)35-31(39)21(2)45-27-11-7-10-24(18-27)34-33(41)29(36-32(40)22-8-5-4-6-9-22)17-23-12-14-26(38)19-30(23)44-3/h4-19,21,38H,1-3H3,(H,34,41)(H,35,39)(H,36,40)/b29-17+. The van der Waals surface area contributed by atoms with Crippen LogP contribution in [0.25, 0.3) is 6.08 Å². The van der Waals surface area contributed by atoms with Crippen LogP contribution in [0.2, 0.25) is 0 Å². The molecule has 3 amide bonds. The zero-order valence-electron chi connectivity index (χ0n) is 24.6. The van der Waals surface area contributed by atoms with Crippen molar-refractivity contribution in [3.05, 3.63) is 123 Å². The van der Waals surface area contributed by atoms with Crippen LogP contribution in [0.1, 0.15) is 28.4 Å². The number of phenols is 1. The average molecular weight is 627 g/mol. The topological polar surface area (TPSA) is 160 Å². The molecule has 0 aliphatic carbocycles. The maximum atomic E-state index is 13.5. The number of rotatable bonds is 11. The van der Waals surface area contributed by atoms with Gasteiger partial charge in [-0.2, -0.15) is 0 Å². The van der Waals surface area contributed by atoms with Crippen molar-refractivity contribution in [3.63, 3.8) is 0 Å². The predicted octanol–water partition coefficient (Wildman–Crippen LogP) is 6.15. The van der Waals surface area contributed by atoms with Gasteiger partial charge in [0.25, 0.3) is 17.5 Å². The highest BCUT2D eigenvalue weighted by Crippen LogP contribution is 2.29. The lowest BCUT2D eigenvalue weighted by Crippen LogP contribution is -2.30. The molecule has 11 nitrogen and oxygen atoms in total. The predicted molar refractivity (Wildman–Crippen MR) is 173 cm³/mol. The van der Waals surface area contributed by atoms with E-state index in [1.54, 1.807) is 74.5 Å². The first-order valence-corrected chi connectivity index (χ1v) is 14.5. The van der Waals surface area contributed by atoms with E-state index in [0.717, 1.165) is 0 Å². The zero-order chi connectivity index (χ0) is 32.5. The monoisotopic (exact) mass is 626 g/mol. The van der Waals surface area contributed by atoms with Crippen molar-refractivity contribution in [2.24, 2.45) is 0 Å². The number of carbonyl (C=O) groups excluding carboxylic acids is 3. The number of ether oxygens (including phenoxy) is 1. The second-order valence-electron chi connectivity index (χ2n) is 9.79. The van der Waals surface area contributed by atoms with E-state index in [0.29, 0.717) is 38.7 Å². The molecule has 0 fully saturated rings. The van der Waals surface area contributed by atoms with Gasteiger partial charge in [0.1, 0.15) is 17.2 Å². The third-order valence-electron chi connectivity index (χ3n) is 6.50. The number of non-ortho nitro benzene ring substituents is 1. The molecule has 0 heterocycles. The van der Waals surface area contributed by atoms with Crippen LogP contribution in [0.5, 0.6) is 11.5 Å². The van der Waals surface area contributed by atoms with Gasteiger partial charge in [-0.25, -0.2) is 0 Å². The summed E-state index contributed by atoms with van der Waals surface area (Å²) in [6.07, 6.45) is 1.44. The van der Waals surface area contributed by atoms with Crippen molar-refractivity contribution >= 4 is 52.6 Å². The number of thioether (sulfide) groups is 1. The summed E-state index contributed by atoms with van der Waals surface area (Å²) in [7, 11) is 1.42. The molecule has 0 aromatic heterocycles. The molecule has 45 heavy (non-hydrogen) atoms. The molecule has 4 N–H and O–H groups in total. The molecule has 0 aliphatic rings. The van der Waals surface area contributed by atoms with Crippen LogP contribution in [-0.2, 0) is 9.59 Å². The Morgan fingerprint density at radius 1 is 0.956 bits per heavy atom. The lowest BCUT2D eigenvalue weighted by Gasteiger charge is -2.15. The number of nitrogens with one attached hydrogen (secondary N) is 3. The van der Waals surface area contributed by atoms with E-state index in [1.807, 2.05) is 0 Å². The normalized spacial score (nSPS) is 11.7. The van der Waals surface area contributed by atoms with Crippen molar-refractivity contribution in [1.29, 1.82) is 0 Å². The minimum Gasteiger partial charge on any atom is -0.508 e. The Kier molecular flexibility index (Phi) is 10.6. The summed E-state index contributed by atoms with van der Waals surface area (Å²) in [5.41, 5.74) is 2.11. The molecule has 1 atom stereocenters. The number of carbonyl (C=O) groups is 3. The van der Waals surface area contributed by atoms with Gasteiger partial charge in [0.05, 0.1) is 17.3 Å². The Hall–Kier alpha value is -5.62. The fraction of sp³-hybridized carbons (Fsp3) is 0.121. The number of hydrogen-bond acceptors (Lipinski definition) is 8. The van der Waals surface area contributed by atoms with Gasteiger partial charge in [-0.15, -0.1) is 11.8 Å². The third kappa shape index (κ3) is 8.71. The number of methoxy groups -OCH3 is 1. The molecule has 0 spiro atoms. The first-order chi connectivity index (χ1) is 21.5. The summed E-state index contributed by atoms with van der Waals surface area (Å²) in [6.45, 7) is 3.40. The fourth-order valence-corrected chi connectivity index (χ4v) is 5.08. The third-order valence-corrected chi connectivity index (χ3v) is 7.59. The van der Waals surface area contributed by atoms with Crippen LogP contribution in [0.4, 0.5) is 17.1 Å². The van der Waals surface area contributed by atoms with Crippen molar-refractivity contribution < 1.29 is 29.2 Å². The second kappa shape index (κ2) is 14.7. The van der Waals surface area contributed by atoms with Crippen molar-refractivity contribution in [2.45, 2.75) is 24.0 Å². The molecule has 4 rings (SSSR count). The number of nitro groups is 1. The molecule has 0 saturated carbocycles. The highest BCUT2D eigenvalue weighted by atomic mass is 32.2. The zero-order valence-corrected chi connectivity index (χ0v) is 25.4. The van der Waals surface area contributed by atoms with E-state index in [1.165, 1.54) is 55.3 Å². The number of phenolic OH excluding ortho intramolecular Hbond substituents is 1. The molecular weight excluding hydrogens is 596 g/mol. The van der Waals surface area contributed by atoms with Crippen LogP contribution in [0, 0.1) is 17.0 Å². The summed E-state index contributed by atoms with van der Waals surface area (Å²) in [4.78, 5) is 50.6. The first-order valence-electron chi connectivity index (χ1n) is 13.6. The summed E-state index contributed by atoms with van der Waals surface area (Å²) >= 11 is 1.26. The highest BCUT2D eigenvalue weighted by molar-refractivity contribution is 8.00. The Morgan fingerprint density at radius 3 is 2.40 bits per heavy atom. The molecule has 1 unspecified atom stereocenters. The number of aryl methyl sites for hydroxylation is 1. The van der Waals surface area contributed by atoms with Crippen LogP contribution in [0.3, 0.4) is 0 Å². The number of aromatic hydroxyl groups is 1. The lowest BCUT2D eigenvalue weighted by molar-refractivity contribution is -0.384. The SMILES string of the molecule is COc1cc(O)ccc1/C=C(/NC(=O)c1ccccc1)C(=O)Nc1cccc(SC(C)C(=O)Nc2ccc([N+](=O)[O-])cc2C)c1. The van der Waals surface area contributed by atoms with E-state index in [2.05, 4.69) is 16.0 Å². The largest absolute Gasteiger partial charge is 0.508 e. The quantitative estimate of drug-likeness (QED) is 0.0668. The summed E-state index contributed by atoms with van der Waals surface area (Å²) in [6, 6.07) is 23.9. The van der Waals surface area contributed by atoms with E-state index >= 15 is 0 Å².